The second kappa shape index (κ2) is 4.86. The van der Waals surface area contributed by atoms with E-state index in [1.54, 1.807) is 0 Å². The van der Waals surface area contributed by atoms with Gasteiger partial charge in [-0.05, 0) is 38.3 Å². The molecular formula is C11H23N. The molecule has 12 heavy (non-hydrogen) atoms. The van der Waals surface area contributed by atoms with E-state index in [4.69, 9.17) is 0 Å². The molecule has 0 aromatic heterocycles. The number of nitrogens with zero attached hydrogens (tertiary/aromatic N) is 1. The Balaban J connectivity index is 2.49. The van der Waals surface area contributed by atoms with Crippen LogP contribution in [0.4, 0.5) is 0 Å². The zero-order valence-electron chi connectivity index (χ0n) is 8.84. The number of hydrogen-bond acceptors (Lipinski definition) is 1. The molecule has 0 saturated carbocycles. The minimum atomic E-state index is 0.961. The lowest BCUT2D eigenvalue weighted by molar-refractivity contribution is 0.246. The highest BCUT2D eigenvalue weighted by Gasteiger charge is 2.22. The van der Waals surface area contributed by atoms with Crippen molar-refractivity contribution in [3.8, 4) is 0 Å². The normalized spacial score (nSPS) is 33.2. The van der Waals surface area contributed by atoms with Crippen LogP contribution in [0.25, 0.3) is 0 Å². The third-order valence-electron chi connectivity index (χ3n) is 3.38. The lowest BCUT2D eigenvalue weighted by atomic mass is 9.85. The second-order valence-corrected chi connectivity index (χ2v) is 4.24. The fourth-order valence-electron chi connectivity index (χ4n) is 2.50. The molecule has 0 aromatic rings. The average Bonchev–Trinajstić information content (AvgIpc) is 2.26. The number of rotatable bonds is 2. The van der Waals surface area contributed by atoms with Gasteiger partial charge in [0, 0.05) is 6.54 Å². The first-order valence-electron chi connectivity index (χ1n) is 5.46. The van der Waals surface area contributed by atoms with Gasteiger partial charge in [0.05, 0.1) is 0 Å². The third kappa shape index (κ3) is 2.48. The summed E-state index contributed by atoms with van der Waals surface area (Å²) in [4.78, 5) is 2.50. The van der Waals surface area contributed by atoms with Gasteiger partial charge in [0.1, 0.15) is 0 Å². The van der Waals surface area contributed by atoms with E-state index in [9.17, 15) is 0 Å². The van der Waals surface area contributed by atoms with E-state index >= 15 is 0 Å². The molecule has 1 heteroatoms. The number of hydrogen-bond donors (Lipinski definition) is 0. The largest absolute Gasteiger partial charge is 0.306 e. The Bertz CT molecular complexity index is 122. The molecule has 0 amide bonds. The van der Waals surface area contributed by atoms with E-state index in [1.807, 2.05) is 0 Å². The lowest BCUT2D eigenvalue weighted by Crippen LogP contribution is -2.26. The summed E-state index contributed by atoms with van der Waals surface area (Å²) in [6, 6.07) is 0. The molecule has 72 valence electrons. The van der Waals surface area contributed by atoms with Gasteiger partial charge in [-0.25, -0.2) is 0 Å². The number of likely N-dealkylation sites (tertiary alicyclic amines) is 1. The SMILES string of the molecule is CCC1CN(C)CCC[C@H]1CC. The molecule has 1 heterocycles. The fourth-order valence-corrected chi connectivity index (χ4v) is 2.50. The van der Waals surface area contributed by atoms with Crippen molar-refractivity contribution in [3.05, 3.63) is 0 Å². The van der Waals surface area contributed by atoms with Crippen LogP contribution in [0.15, 0.2) is 0 Å². The fraction of sp³-hybridized carbons (Fsp3) is 1.00. The maximum atomic E-state index is 2.50. The van der Waals surface area contributed by atoms with Crippen LogP contribution in [-0.2, 0) is 0 Å². The highest BCUT2D eigenvalue weighted by atomic mass is 15.1. The van der Waals surface area contributed by atoms with Crippen molar-refractivity contribution in [3.63, 3.8) is 0 Å². The van der Waals surface area contributed by atoms with Crippen LogP contribution in [0.5, 0.6) is 0 Å². The van der Waals surface area contributed by atoms with Crippen molar-refractivity contribution in [2.24, 2.45) is 11.8 Å². The minimum absolute atomic E-state index is 0.961. The van der Waals surface area contributed by atoms with Crippen molar-refractivity contribution in [2.75, 3.05) is 20.1 Å². The van der Waals surface area contributed by atoms with Gasteiger partial charge in [-0.1, -0.05) is 26.7 Å². The van der Waals surface area contributed by atoms with E-state index < -0.39 is 0 Å². The Kier molecular flexibility index (Phi) is 4.07. The van der Waals surface area contributed by atoms with Crippen LogP contribution >= 0.6 is 0 Å². The molecule has 0 radical (unpaired) electrons. The molecule has 0 N–H and O–H groups in total. The van der Waals surface area contributed by atoms with Gasteiger partial charge < -0.3 is 4.90 Å². The summed E-state index contributed by atoms with van der Waals surface area (Å²) in [5, 5.41) is 0. The Labute approximate surface area is 77.1 Å². The van der Waals surface area contributed by atoms with Gasteiger partial charge in [0.15, 0.2) is 0 Å². The zero-order valence-corrected chi connectivity index (χ0v) is 8.84. The van der Waals surface area contributed by atoms with E-state index in [1.165, 1.54) is 38.8 Å². The van der Waals surface area contributed by atoms with Gasteiger partial charge in [0.2, 0.25) is 0 Å². The molecule has 1 saturated heterocycles. The van der Waals surface area contributed by atoms with Crippen LogP contribution in [0.3, 0.4) is 0 Å². The summed E-state index contributed by atoms with van der Waals surface area (Å²) in [7, 11) is 2.26. The highest BCUT2D eigenvalue weighted by Crippen LogP contribution is 2.27. The molecule has 0 spiro atoms. The summed E-state index contributed by atoms with van der Waals surface area (Å²) in [6.07, 6.45) is 5.61. The monoisotopic (exact) mass is 169 g/mol. The summed E-state index contributed by atoms with van der Waals surface area (Å²) >= 11 is 0. The molecule has 2 atom stereocenters. The standard InChI is InChI=1S/C11H23N/c1-4-10-7-6-8-12(3)9-11(10)5-2/h10-11H,4-9H2,1-3H3/t10-,11?/m1/s1. The minimum Gasteiger partial charge on any atom is -0.306 e. The van der Waals surface area contributed by atoms with E-state index in [2.05, 4.69) is 25.8 Å². The van der Waals surface area contributed by atoms with Crippen LogP contribution in [-0.4, -0.2) is 25.0 Å². The van der Waals surface area contributed by atoms with Crippen molar-refractivity contribution >= 4 is 0 Å². The van der Waals surface area contributed by atoms with Gasteiger partial charge in [-0.15, -0.1) is 0 Å². The molecule has 1 fully saturated rings. The predicted molar refractivity (Wildman–Crippen MR) is 54.3 cm³/mol. The smallest absolute Gasteiger partial charge is 0.000915 e. The molecule has 1 rings (SSSR count). The Morgan fingerprint density at radius 2 is 1.83 bits per heavy atom. The second-order valence-electron chi connectivity index (χ2n) is 4.24. The molecular weight excluding hydrogens is 146 g/mol. The Morgan fingerprint density at radius 3 is 2.42 bits per heavy atom. The maximum Gasteiger partial charge on any atom is 0.000915 e. The summed E-state index contributed by atoms with van der Waals surface area (Å²) in [5.41, 5.74) is 0. The van der Waals surface area contributed by atoms with Gasteiger partial charge in [-0.3, -0.25) is 0 Å². The summed E-state index contributed by atoms with van der Waals surface area (Å²) < 4.78 is 0. The Hall–Kier alpha value is -0.0400. The summed E-state index contributed by atoms with van der Waals surface area (Å²) in [5.74, 6) is 1.96. The van der Waals surface area contributed by atoms with Gasteiger partial charge in [-0.2, -0.15) is 0 Å². The first-order valence-corrected chi connectivity index (χ1v) is 5.46. The summed E-state index contributed by atoms with van der Waals surface area (Å²) in [6.45, 7) is 7.33. The molecule has 0 bridgehead atoms. The predicted octanol–water partition coefficient (Wildman–Crippen LogP) is 2.76. The van der Waals surface area contributed by atoms with E-state index in [-0.39, 0.29) is 0 Å². The van der Waals surface area contributed by atoms with Gasteiger partial charge >= 0.3 is 0 Å². The zero-order chi connectivity index (χ0) is 8.97. The topological polar surface area (TPSA) is 3.24 Å². The van der Waals surface area contributed by atoms with Crippen molar-refractivity contribution in [1.29, 1.82) is 0 Å². The van der Waals surface area contributed by atoms with E-state index in [0.717, 1.165) is 11.8 Å². The van der Waals surface area contributed by atoms with Crippen molar-refractivity contribution in [2.45, 2.75) is 39.5 Å². The highest BCUT2D eigenvalue weighted by molar-refractivity contribution is 4.75. The maximum absolute atomic E-state index is 2.50. The third-order valence-corrected chi connectivity index (χ3v) is 3.38. The van der Waals surface area contributed by atoms with Gasteiger partial charge in [0.25, 0.3) is 0 Å². The Morgan fingerprint density at radius 1 is 1.17 bits per heavy atom. The molecule has 1 aliphatic heterocycles. The molecule has 0 aliphatic carbocycles. The van der Waals surface area contributed by atoms with Crippen LogP contribution in [0.1, 0.15) is 39.5 Å². The molecule has 0 aromatic carbocycles. The average molecular weight is 169 g/mol. The van der Waals surface area contributed by atoms with Crippen LogP contribution in [0, 0.1) is 11.8 Å². The van der Waals surface area contributed by atoms with Crippen molar-refractivity contribution in [1.82, 2.24) is 4.90 Å². The quantitative estimate of drug-likeness (QED) is 0.614. The van der Waals surface area contributed by atoms with Crippen LogP contribution < -0.4 is 0 Å². The molecule has 1 aliphatic rings. The van der Waals surface area contributed by atoms with Crippen LogP contribution in [0.2, 0.25) is 0 Å². The van der Waals surface area contributed by atoms with Crippen molar-refractivity contribution < 1.29 is 0 Å². The molecule has 1 nitrogen and oxygen atoms in total. The molecule has 1 unspecified atom stereocenters. The lowest BCUT2D eigenvalue weighted by Gasteiger charge is -2.24. The van der Waals surface area contributed by atoms with E-state index in [0.29, 0.717) is 0 Å². The first kappa shape index (κ1) is 10.0. The first-order chi connectivity index (χ1) is 5.77.